The first kappa shape index (κ1) is 21.7. The van der Waals surface area contributed by atoms with E-state index < -0.39 is 0 Å². The maximum absolute atomic E-state index is 13.9. The van der Waals surface area contributed by atoms with Gasteiger partial charge in [0.05, 0.1) is 7.11 Å². The number of rotatable bonds is 4. The maximum atomic E-state index is 13.9. The third-order valence-corrected chi connectivity index (χ3v) is 5.00. The molecule has 1 heterocycles. The summed E-state index contributed by atoms with van der Waals surface area (Å²) in [7, 11) is 1.41. The second-order valence-electron chi connectivity index (χ2n) is 6.81. The zero-order valence-corrected chi connectivity index (χ0v) is 18.1. The van der Waals surface area contributed by atoms with Crippen LogP contribution in [0.1, 0.15) is 37.7 Å². The second kappa shape index (κ2) is 10.1. The van der Waals surface area contributed by atoms with E-state index in [-0.39, 0.29) is 53.9 Å². The number of ether oxygens (including phenoxy) is 1. The summed E-state index contributed by atoms with van der Waals surface area (Å²) < 4.78 is 18.7. The van der Waals surface area contributed by atoms with Crippen LogP contribution in [0.5, 0.6) is 0 Å². The molecule has 0 aromatic heterocycles. The third kappa shape index (κ3) is 5.70. The van der Waals surface area contributed by atoms with Crippen LogP contribution in [0.3, 0.4) is 0 Å². The van der Waals surface area contributed by atoms with Crippen molar-refractivity contribution in [3.8, 4) is 0 Å². The van der Waals surface area contributed by atoms with Gasteiger partial charge in [0.25, 0.3) is 0 Å². The van der Waals surface area contributed by atoms with E-state index in [4.69, 9.17) is 4.74 Å². The first-order valence-electron chi connectivity index (χ1n) is 9.27. The molecule has 1 saturated heterocycles. The fourth-order valence-corrected chi connectivity index (χ4v) is 3.47. The fourth-order valence-electron chi connectivity index (χ4n) is 3.47. The van der Waals surface area contributed by atoms with Gasteiger partial charge >= 0.3 is 6.09 Å². The van der Waals surface area contributed by atoms with Crippen LogP contribution in [-0.4, -0.2) is 55.8 Å². The molecule has 2 unspecified atom stereocenters. The van der Waals surface area contributed by atoms with Crippen LogP contribution in [0.2, 0.25) is 0 Å². The minimum atomic E-state index is -0.269. The van der Waals surface area contributed by atoms with Crippen LogP contribution >= 0.6 is 24.0 Å². The molecule has 2 atom stereocenters. The molecule has 2 fully saturated rings. The number of amides is 1. The number of nitrogens with zero attached hydrogens (tertiary/aromatic N) is 2. The van der Waals surface area contributed by atoms with Gasteiger partial charge < -0.3 is 20.3 Å². The van der Waals surface area contributed by atoms with Crippen LogP contribution in [0.25, 0.3) is 0 Å². The molecule has 1 aliphatic carbocycles. The van der Waals surface area contributed by atoms with Crippen molar-refractivity contribution in [1.82, 2.24) is 15.5 Å². The smallest absolute Gasteiger partial charge is 0.409 e. The molecule has 150 valence electrons. The Balaban J connectivity index is 0.00000261. The topological polar surface area (TPSA) is 66.0 Å². The number of likely N-dealkylation sites (tertiary alicyclic amines) is 1. The maximum Gasteiger partial charge on any atom is 0.409 e. The summed E-state index contributed by atoms with van der Waals surface area (Å²) in [5.41, 5.74) is 0.771. The monoisotopic (exact) mass is 490 g/mol. The Kier molecular flexibility index (Phi) is 8.12. The Hall–Kier alpha value is -1.58. The van der Waals surface area contributed by atoms with Gasteiger partial charge in [0.1, 0.15) is 5.82 Å². The number of halogens is 2. The third-order valence-electron chi connectivity index (χ3n) is 5.00. The van der Waals surface area contributed by atoms with Gasteiger partial charge in [-0.05, 0) is 37.8 Å². The molecule has 1 aromatic rings. The molecule has 2 N–H and O–H groups in total. The summed E-state index contributed by atoms with van der Waals surface area (Å²) in [6.07, 6.45) is 2.34. The number of carbonyl (C=O) groups is 1. The molecule has 1 saturated carbocycles. The van der Waals surface area contributed by atoms with E-state index in [2.05, 4.69) is 15.6 Å². The van der Waals surface area contributed by atoms with Gasteiger partial charge in [0, 0.05) is 37.6 Å². The van der Waals surface area contributed by atoms with Gasteiger partial charge in [-0.2, -0.15) is 0 Å². The molecule has 0 radical (unpaired) electrons. The molecular weight excluding hydrogens is 462 g/mol. The number of piperidine rings is 1. The van der Waals surface area contributed by atoms with Crippen molar-refractivity contribution < 1.29 is 13.9 Å². The lowest BCUT2D eigenvalue weighted by Gasteiger charge is -2.32. The number of hydrogen-bond donors (Lipinski definition) is 2. The van der Waals surface area contributed by atoms with Crippen molar-refractivity contribution in [3.63, 3.8) is 0 Å². The summed E-state index contributed by atoms with van der Waals surface area (Å²) in [6, 6.07) is 7.44. The standard InChI is InChI=1S/C19H27FN4O2.HI/c1-3-21-18(22-13-8-10-24(11-9-13)19(25)26-2)23-17-12-15(17)14-6-4-5-7-16(14)20;/h4-7,13,15,17H,3,8-12H2,1-2H3,(H2,21,22,23);1H. The van der Waals surface area contributed by atoms with Gasteiger partial charge in [0.2, 0.25) is 0 Å². The van der Waals surface area contributed by atoms with Crippen LogP contribution in [0.4, 0.5) is 9.18 Å². The number of aliphatic imine (C=N–C) groups is 1. The SMILES string of the molecule is CCN=C(NC1CCN(C(=O)OC)CC1)NC1CC1c1ccccc1F.I. The van der Waals surface area contributed by atoms with Crippen molar-refractivity contribution in [2.75, 3.05) is 26.7 Å². The summed E-state index contributed by atoms with van der Waals surface area (Å²) in [5.74, 6) is 0.827. The predicted molar refractivity (Wildman–Crippen MR) is 114 cm³/mol. The summed E-state index contributed by atoms with van der Waals surface area (Å²) in [4.78, 5) is 17.8. The van der Waals surface area contributed by atoms with E-state index in [0.29, 0.717) is 19.6 Å². The second-order valence-corrected chi connectivity index (χ2v) is 6.81. The van der Waals surface area contributed by atoms with Gasteiger partial charge in [-0.15, -0.1) is 24.0 Å². The van der Waals surface area contributed by atoms with Crippen molar-refractivity contribution in [3.05, 3.63) is 35.6 Å². The lowest BCUT2D eigenvalue weighted by atomic mass is 10.1. The van der Waals surface area contributed by atoms with Gasteiger partial charge in [-0.25, -0.2) is 9.18 Å². The molecule has 1 aromatic carbocycles. The van der Waals surface area contributed by atoms with Crippen LogP contribution in [0.15, 0.2) is 29.3 Å². The average molecular weight is 490 g/mol. The Labute approximate surface area is 177 Å². The van der Waals surface area contributed by atoms with Crippen molar-refractivity contribution in [1.29, 1.82) is 0 Å². The average Bonchev–Trinajstić information content (AvgIpc) is 3.41. The first-order valence-corrected chi connectivity index (χ1v) is 9.27. The van der Waals surface area contributed by atoms with E-state index in [1.165, 1.54) is 13.2 Å². The molecule has 8 heteroatoms. The van der Waals surface area contributed by atoms with Gasteiger partial charge in [0.15, 0.2) is 5.96 Å². The number of carbonyl (C=O) groups excluding carboxylic acids is 1. The van der Waals surface area contributed by atoms with Crippen molar-refractivity contribution in [2.24, 2.45) is 4.99 Å². The molecule has 0 spiro atoms. The number of guanidine groups is 1. The van der Waals surface area contributed by atoms with Crippen LogP contribution in [0, 0.1) is 5.82 Å². The highest BCUT2D eigenvalue weighted by Crippen LogP contribution is 2.41. The van der Waals surface area contributed by atoms with Crippen LogP contribution in [-0.2, 0) is 4.74 Å². The van der Waals surface area contributed by atoms with Gasteiger partial charge in [-0.3, -0.25) is 4.99 Å². The molecule has 1 amide bonds. The minimum absolute atomic E-state index is 0. The molecule has 27 heavy (non-hydrogen) atoms. The fraction of sp³-hybridized carbons (Fsp3) is 0.579. The van der Waals surface area contributed by atoms with Crippen molar-refractivity contribution >= 4 is 36.0 Å². The largest absolute Gasteiger partial charge is 0.453 e. The van der Waals surface area contributed by atoms with Crippen molar-refractivity contribution in [2.45, 2.75) is 44.2 Å². The Morgan fingerprint density at radius 1 is 1.30 bits per heavy atom. The lowest BCUT2D eigenvalue weighted by molar-refractivity contribution is 0.111. The summed E-state index contributed by atoms with van der Waals surface area (Å²) in [5, 5.41) is 6.89. The predicted octanol–water partition coefficient (Wildman–Crippen LogP) is 3.09. The number of nitrogens with one attached hydrogen (secondary N) is 2. The van der Waals surface area contributed by atoms with E-state index >= 15 is 0 Å². The summed E-state index contributed by atoms with van der Waals surface area (Å²) >= 11 is 0. The molecule has 0 bridgehead atoms. The van der Waals surface area contributed by atoms with E-state index in [1.54, 1.807) is 11.0 Å². The molecule has 6 nitrogen and oxygen atoms in total. The van der Waals surface area contributed by atoms with Crippen LogP contribution < -0.4 is 10.6 Å². The van der Waals surface area contributed by atoms with E-state index in [1.807, 2.05) is 19.1 Å². The minimum Gasteiger partial charge on any atom is -0.453 e. The summed E-state index contributed by atoms with van der Waals surface area (Å²) in [6.45, 7) is 4.01. The Morgan fingerprint density at radius 2 is 2.00 bits per heavy atom. The molecular formula is C19H28FIN4O2. The highest BCUT2D eigenvalue weighted by molar-refractivity contribution is 14.0. The number of hydrogen-bond acceptors (Lipinski definition) is 3. The van der Waals surface area contributed by atoms with Gasteiger partial charge in [-0.1, -0.05) is 18.2 Å². The number of methoxy groups -OCH3 is 1. The number of benzene rings is 1. The van der Waals surface area contributed by atoms with E-state index in [9.17, 15) is 9.18 Å². The molecule has 3 rings (SSSR count). The Bertz CT molecular complexity index is 665. The lowest BCUT2D eigenvalue weighted by Crippen LogP contribution is -2.50. The molecule has 2 aliphatic rings. The quantitative estimate of drug-likeness (QED) is 0.387. The highest BCUT2D eigenvalue weighted by atomic mass is 127. The normalized spacial score (nSPS) is 22.6. The zero-order valence-electron chi connectivity index (χ0n) is 15.8. The van der Waals surface area contributed by atoms with E-state index in [0.717, 1.165) is 30.8 Å². The highest BCUT2D eigenvalue weighted by Gasteiger charge is 2.40. The first-order chi connectivity index (χ1) is 12.6. The Morgan fingerprint density at radius 3 is 2.63 bits per heavy atom. The molecule has 1 aliphatic heterocycles. The zero-order chi connectivity index (χ0) is 18.5.